The van der Waals surface area contributed by atoms with Crippen molar-refractivity contribution in [2.75, 3.05) is 26.7 Å². The van der Waals surface area contributed by atoms with Crippen LogP contribution in [0, 0.1) is 12.8 Å². The molecule has 1 aliphatic rings. The molecule has 1 aliphatic heterocycles. The second kappa shape index (κ2) is 7.46. The number of aryl methyl sites for hydroxylation is 1. The number of nitrogens with one attached hydrogen (secondary N) is 1. The van der Waals surface area contributed by atoms with Gasteiger partial charge in [0.15, 0.2) is 0 Å². The minimum Gasteiger partial charge on any atom is -0.492 e. The van der Waals surface area contributed by atoms with E-state index in [4.69, 9.17) is 4.74 Å². The van der Waals surface area contributed by atoms with Crippen molar-refractivity contribution in [3.05, 3.63) is 29.8 Å². The summed E-state index contributed by atoms with van der Waals surface area (Å²) in [7, 11) is 1.85. The van der Waals surface area contributed by atoms with Crippen LogP contribution in [0.1, 0.15) is 25.3 Å². The van der Waals surface area contributed by atoms with Crippen molar-refractivity contribution in [2.24, 2.45) is 5.92 Å². The maximum Gasteiger partial charge on any atom is 0.239 e. The highest BCUT2D eigenvalue weighted by atomic mass is 16.5. The third-order valence-corrected chi connectivity index (χ3v) is 4.03. The third kappa shape index (κ3) is 4.74. The van der Waals surface area contributed by atoms with Crippen LogP contribution in [0.4, 0.5) is 0 Å². The van der Waals surface area contributed by atoms with E-state index in [0.717, 1.165) is 25.1 Å². The zero-order chi connectivity index (χ0) is 15.2. The molecule has 2 atom stereocenters. The largest absolute Gasteiger partial charge is 0.492 e. The molecule has 0 spiro atoms. The summed E-state index contributed by atoms with van der Waals surface area (Å²) in [6, 6.07) is 7.94. The molecule has 1 saturated heterocycles. The Morgan fingerprint density at radius 1 is 1.48 bits per heavy atom. The van der Waals surface area contributed by atoms with Crippen molar-refractivity contribution in [1.82, 2.24) is 10.2 Å². The Morgan fingerprint density at radius 2 is 2.29 bits per heavy atom. The molecule has 0 bridgehead atoms. The highest BCUT2D eigenvalue weighted by Gasteiger charge is 2.26. The predicted octanol–water partition coefficient (Wildman–Crippen LogP) is 2.22. The molecule has 21 heavy (non-hydrogen) atoms. The topological polar surface area (TPSA) is 41.6 Å². The Labute approximate surface area is 127 Å². The van der Waals surface area contributed by atoms with Crippen LogP contribution in [0.5, 0.6) is 5.75 Å². The first-order valence-electron chi connectivity index (χ1n) is 7.74. The quantitative estimate of drug-likeness (QED) is 0.904. The van der Waals surface area contributed by atoms with E-state index in [1.807, 2.05) is 38.2 Å². The SMILES string of the molecule is Cc1cccc(OCCN(C)C(=O)C2CC(C)CCN2)c1. The molecule has 1 aromatic carbocycles. The van der Waals surface area contributed by atoms with Crippen molar-refractivity contribution in [2.45, 2.75) is 32.7 Å². The second-order valence-corrected chi connectivity index (χ2v) is 6.06. The first-order chi connectivity index (χ1) is 10.1. The van der Waals surface area contributed by atoms with Crippen molar-refractivity contribution in [3.8, 4) is 5.75 Å². The highest BCUT2D eigenvalue weighted by Crippen LogP contribution is 2.16. The van der Waals surface area contributed by atoms with Gasteiger partial charge >= 0.3 is 0 Å². The Kier molecular flexibility index (Phi) is 5.62. The van der Waals surface area contributed by atoms with E-state index in [1.165, 1.54) is 5.56 Å². The molecule has 1 fully saturated rings. The molecule has 1 N–H and O–H groups in total. The number of ether oxygens (including phenoxy) is 1. The van der Waals surface area contributed by atoms with E-state index in [0.29, 0.717) is 19.1 Å². The number of likely N-dealkylation sites (N-methyl/N-ethyl adjacent to an activating group) is 1. The molecule has 2 rings (SSSR count). The van der Waals surface area contributed by atoms with Gasteiger partial charge in [-0.2, -0.15) is 0 Å². The molecule has 0 aliphatic carbocycles. The molecule has 1 aromatic rings. The summed E-state index contributed by atoms with van der Waals surface area (Å²) in [5, 5.41) is 3.31. The lowest BCUT2D eigenvalue weighted by molar-refractivity contribution is -0.133. The van der Waals surface area contributed by atoms with E-state index in [-0.39, 0.29) is 11.9 Å². The lowest BCUT2D eigenvalue weighted by Crippen LogP contribution is -2.49. The van der Waals surface area contributed by atoms with Crippen molar-refractivity contribution in [3.63, 3.8) is 0 Å². The number of carbonyl (C=O) groups excluding carboxylic acids is 1. The summed E-state index contributed by atoms with van der Waals surface area (Å²) < 4.78 is 5.70. The van der Waals surface area contributed by atoms with E-state index in [9.17, 15) is 4.79 Å². The predicted molar refractivity (Wildman–Crippen MR) is 84.5 cm³/mol. The van der Waals surface area contributed by atoms with E-state index in [2.05, 4.69) is 12.2 Å². The molecular weight excluding hydrogens is 264 g/mol. The lowest BCUT2D eigenvalue weighted by Gasteiger charge is -2.30. The molecule has 4 heteroatoms. The van der Waals surface area contributed by atoms with Gasteiger partial charge in [-0.15, -0.1) is 0 Å². The molecule has 0 saturated carbocycles. The van der Waals surface area contributed by atoms with Crippen molar-refractivity contribution in [1.29, 1.82) is 0 Å². The first kappa shape index (κ1) is 15.8. The van der Waals surface area contributed by atoms with Gasteiger partial charge in [-0.05, 0) is 49.9 Å². The fourth-order valence-electron chi connectivity index (χ4n) is 2.68. The van der Waals surface area contributed by atoms with Gasteiger partial charge in [-0.25, -0.2) is 0 Å². The molecular formula is C17H26N2O2. The van der Waals surface area contributed by atoms with Gasteiger partial charge in [-0.1, -0.05) is 19.1 Å². The minimum atomic E-state index is -0.0299. The van der Waals surface area contributed by atoms with Crippen LogP contribution in [0.2, 0.25) is 0 Å². The maximum atomic E-state index is 12.3. The fourth-order valence-corrected chi connectivity index (χ4v) is 2.68. The number of piperidine rings is 1. The Hall–Kier alpha value is -1.55. The number of rotatable bonds is 5. The van der Waals surface area contributed by atoms with Gasteiger partial charge in [0.25, 0.3) is 0 Å². The van der Waals surface area contributed by atoms with Crippen LogP contribution in [0.3, 0.4) is 0 Å². The van der Waals surface area contributed by atoms with Gasteiger partial charge in [0.1, 0.15) is 12.4 Å². The molecule has 2 unspecified atom stereocenters. The summed E-state index contributed by atoms with van der Waals surface area (Å²) >= 11 is 0. The number of benzene rings is 1. The molecule has 116 valence electrons. The number of hydrogen-bond acceptors (Lipinski definition) is 3. The van der Waals surface area contributed by atoms with Crippen molar-refractivity contribution >= 4 is 5.91 Å². The van der Waals surface area contributed by atoms with Gasteiger partial charge < -0.3 is 15.0 Å². The molecule has 4 nitrogen and oxygen atoms in total. The Bertz CT molecular complexity index is 476. The zero-order valence-corrected chi connectivity index (χ0v) is 13.3. The average Bonchev–Trinajstić information content (AvgIpc) is 2.46. The van der Waals surface area contributed by atoms with Crippen LogP contribution in [0.15, 0.2) is 24.3 Å². The summed E-state index contributed by atoms with van der Waals surface area (Å²) in [6.45, 7) is 6.32. The molecule has 0 aromatic heterocycles. The number of hydrogen-bond donors (Lipinski definition) is 1. The summed E-state index contributed by atoms with van der Waals surface area (Å²) in [6.07, 6.45) is 2.09. The fraction of sp³-hybridized carbons (Fsp3) is 0.588. The van der Waals surface area contributed by atoms with Gasteiger partial charge in [0.05, 0.1) is 12.6 Å². The standard InChI is InChI=1S/C17H26N2O2/c1-13-5-4-6-15(11-13)21-10-9-19(3)17(20)16-12-14(2)7-8-18-16/h4-6,11,14,16,18H,7-10,12H2,1-3H3. The smallest absolute Gasteiger partial charge is 0.239 e. The second-order valence-electron chi connectivity index (χ2n) is 6.06. The minimum absolute atomic E-state index is 0.0299. The zero-order valence-electron chi connectivity index (χ0n) is 13.3. The number of nitrogens with zero attached hydrogens (tertiary/aromatic N) is 1. The number of amides is 1. The molecule has 1 heterocycles. The van der Waals surface area contributed by atoms with E-state index >= 15 is 0 Å². The van der Waals surface area contributed by atoms with E-state index < -0.39 is 0 Å². The Balaban J connectivity index is 1.76. The average molecular weight is 290 g/mol. The Morgan fingerprint density at radius 3 is 3.00 bits per heavy atom. The molecule has 1 amide bonds. The van der Waals surface area contributed by atoms with Crippen LogP contribution in [-0.2, 0) is 4.79 Å². The lowest BCUT2D eigenvalue weighted by atomic mass is 9.93. The number of carbonyl (C=O) groups is 1. The van der Waals surface area contributed by atoms with Gasteiger partial charge in [-0.3, -0.25) is 4.79 Å². The third-order valence-electron chi connectivity index (χ3n) is 4.03. The summed E-state index contributed by atoms with van der Waals surface area (Å²) in [5.74, 6) is 1.66. The van der Waals surface area contributed by atoms with Crippen LogP contribution >= 0.6 is 0 Å². The summed E-state index contributed by atoms with van der Waals surface area (Å²) in [5.41, 5.74) is 1.18. The maximum absolute atomic E-state index is 12.3. The van der Waals surface area contributed by atoms with Gasteiger partial charge in [0.2, 0.25) is 5.91 Å². The first-order valence-corrected chi connectivity index (χ1v) is 7.74. The van der Waals surface area contributed by atoms with Crippen LogP contribution in [-0.4, -0.2) is 43.6 Å². The van der Waals surface area contributed by atoms with Crippen LogP contribution < -0.4 is 10.1 Å². The van der Waals surface area contributed by atoms with Gasteiger partial charge in [0, 0.05) is 7.05 Å². The normalized spacial score (nSPS) is 21.9. The monoisotopic (exact) mass is 290 g/mol. The highest BCUT2D eigenvalue weighted by molar-refractivity contribution is 5.81. The van der Waals surface area contributed by atoms with E-state index in [1.54, 1.807) is 4.90 Å². The van der Waals surface area contributed by atoms with Crippen LogP contribution in [0.25, 0.3) is 0 Å². The summed E-state index contributed by atoms with van der Waals surface area (Å²) in [4.78, 5) is 14.1. The molecule has 0 radical (unpaired) electrons. The van der Waals surface area contributed by atoms with Crippen molar-refractivity contribution < 1.29 is 9.53 Å².